The first-order valence-corrected chi connectivity index (χ1v) is 33.6. The van der Waals surface area contributed by atoms with E-state index in [1.54, 1.807) is 18.7 Å². The zero-order valence-corrected chi connectivity index (χ0v) is 52.2. The fourth-order valence-electron chi connectivity index (χ4n) is 16.2. The number of likely N-dealkylation sites (tertiary alicyclic amines) is 2. The lowest BCUT2D eigenvalue weighted by atomic mass is 9.63. The minimum absolute atomic E-state index is 0.0698. The van der Waals surface area contributed by atoms with Crippen LogP contribution in [0.5, 0.6) is 0 Å². The summed E-state index contributed by atoms with van der Waals surface area (Å²) >= 11 is 12.3. The molecule has 87 heavy (non-hydrogen) atoms. The Labute approximate surface area is 523 Å². The average Bonchev–Trinajstić information content (AvgIpc) is 1.90. The van der Waals surface area contributed by atoms with Crippen LogP contribution in [0.15, 0.2) is 92.0 Å². The molecule has 0 unspecified atom stereocenters. The monoisotopic (exact) mass is 1230 g/mol. The molecule has 3 aliphatic heterocycles. The maximum atomic E-state index is 14.2. The summed E-state index contributed by atoms with van der Waals surface area (Å²) in [5.74, 6) is 0.0443. The maximum absolute atomic E-state index is 14.2. The fourth-order valence-corrected chi connectivity index (χ4v) is 16.5. The Balaban J connectivity index is 0.000000181. The topological polar surface area (TPSA) is 170 Å². The van der Waals surface area contributed by atoms with Crippen molar-refractivity contribution in [1.82, 2.24) is 60.2 Å². The number of nitrogens with one attached hydrogen (secondary N) is 4. The summed E-state index contributed by atoms with van der Waals surface area (Å²) in [5.41, 5.74) is 3.11. The SMILES string of the molecule is O=C([C@@H](Cc1ccc(Cl)cc1)NC1CCC(N2CCNC2=O)CC1)N1CCC(Cn2cncn2)(C2CCCCC2)CC1.O=C([C@@H](Cc1ccc(Cl)cc1)NC1CCC(Nc2ccc(F)c(F)c2)CC1)N1CCC(Cn2cncn2)(C2CCCCC2)CC1. The molecule has 4 N–H and O–H groups in total. The molecule has 2 atom stereocenters. The van der Waals surface area contributed by atoms with E-state index in [1.807, 2.05) is 75.4 Å². The number of hydrogen-bond acceptors (Lipinski definition) is 10. The first kappa shape index (κ1) is 62.9. The van der Waals surface area contributed by atoms with Crippen molar-refractivity contribution < 1.29 is 23.2 Å². The molecule has 3 saturated heterocycles. The summed E-state index contributed by atoms with van der Waals surface area (Å²) in [6.07, 6.45) is 32.6. The normalized spacial score (nSPS) is 24.4. The smallest absolute Gasteiger partial charge is 0.317 e. The molecule has 0 radical (unpaired) electrons. The second-order valence-electron chi connectivity index (χ2n) is 26.6. The van der Waals surface area contributed by atoms with E-state index in [4.69, 9.17) is 23.2 Å². The molecule has 2 aromatic heterocycles. The van der Waals surface area contributed by atoms with E-state index >= 15 is 0 Å². The number of halogens is 4. The van der Waals surface area contributed by atoms with E-state index in [-0.39, 0.29) is 58.9 Å². The molecule has 7 fully saturated rings. The van der Waals surface area contributed by atoms with Gasteiger partial charge in [0.2, 0.25) is 11.8 Å². The largest absolute Gasteiger partial charge is 0.382 e. The van der Waals surface area contributed by atoms with Crippen molar-refractivity contribution >= 4 is 46.7 Å². The van der Waals surface area contributed by atoms with Crippen molar-refractivity contribution in [2.45, 2.75) is 203 Å². The molecule has 5 aromatic rings. The highest BCUT2D eigenvalue weighted by Gasteiger charge is 2.46. The summed E-state index contributed by atoms with van der Waals surface area (Å²) in [4.78, 5) is 55.3. The van der Waals surface area contributed by atoms with Crippen LogP contribution in [0.1, 0.15) is 152 Å². The van der Waals surface area contributed by atoms with Crippen molar-refractivity contribution in [3.05, 3.63) is 125 Å². The summed E-state index contributed by atoms with van der Waals surface area (Å²) in [7, 11) is 0. The molecule has 4 amide bonds. The maximum Gasteiger partial charge on any atom is 0.317 e. The Kier molecular flexibility index (Phi) is 21.5. The summed E-state index contributed by atoms with van der Waals surface area (Å²) in [5, 5.41) is 24.2. The van der Waals surface area contributed by atoms with Crippen molar-refractivity contribution in [2.24, 2.45) is 22.7 Å². The van der Waals surface area contributed by atoms with Crippen molar-refractivity contribution in [3.63, 3.8) is 0 Å². The third kappa shape index (κ3) is 16.4. The quantitative estimate of drug-likeness (QED) is 0.0624. The number of benzene rings is 3. The second-order valence-corrected chi connectivity index (χ2v) is 27.5. The number of hydrogen-bond donors (Lipinski definition) is 4. The lowest BCUT2D eigenvalue weighted by molar-refractivity contribution is -0.138. The van der Waals surface area contributed by atoms with Crippen molar-refractivity contribution in [3.8, 4) is 0 Å². The lowest BCUT2D eigenvalue weighted by Crippen LogP contribution is -2.56. The third-order valence-corrected chi connectivity index (χ3v) is 21.7. The third-order valence-electron chi connectivity index (χ3n) is 21.2. The van der Waals surface area contributed by atoms with E-state index in [9.17, 15) is 23.2 Å². The van der Waals surface area contributed by atoms with Crippen LogP contribution in [0.2, 0.25) is 10.0 Å². The van der Waals surface area contributed by atoms with Gasteiger partial charge >= 0.3 is 6.03 Å². The summed E-state index contributed by atoms with van der Waals surface area (Å²) in [6, 6.07) is 20.1. The number of carbonyl (C=O) groups excluding carboxylic acids is 3. The van der Waals surface area contributed by atoms with Gasteiger partial charge in [-0.05, 0) is 186 Å². The minimum atomic E-state index is -0.842. The first-order chi connectivity index (χ1) is 42.4. The number of carbonyl (C=O) groups is 3. The van der Waals surface area contributed by atoms with Gasteiger partial charge in [0, 0.05) is 98.3 Å². The minimum Gasteiger partial charge on any atom is -0.382 e. The van der Waals surface area contributed by atoms with E-state index in [2.05, 4.69) is 51.2 Å². The predicted molar refractivity (Wildman–Crippen MR) is 336 cm³/mol. The number of aromatic nitrogens is 6. The molecule has 16 nitrogen and oxygen atoms in total. The van der Waals surface area contributed by atoms with Gasteiger partial charge in [0.1, 0.15) is 25.3 Å². The van der Waals surface area contributed by atoms with E-state index in [0.717, 1.165) is 147 Å². The van der Waals surface area contributed by atoms with Gasteiger partial charge in [-0.3, -0.25) is 19.0 Å². The Hall–Kier alpha value is -5.69. The molecular weight excluding hydrogens is 1140 g/mol. The van der Waals surface area contributed by atoms with E-state index in [1.165, 1.54) is 70.3 Å². The van der Waals surface area contributed by atoms with Crippen molar-refractivity contribution in [1.29, 1.82) is 0 Å². The highest BCUT2D eigenvalue weighted by molar-refractivity contribution is 6.30. The zero-order chi connectivity index (χ0) is 60.2. The van der Waals surface area contributed by atoms with Crippen LogP contribution in [0.25, 0.3) is 0 Å². The standard InChI is InChI=1S/C35H45ClF2N6O.C32H46ClN7O2/c36-27-8-6-25(7-9-27)20-33(42-29-12-10-28(11-13-29)41-30-14-15-31(37)32(38)21-30)34(45)43-18-16-35(17-19-43,22-44-24-39-23-40-44)26-4-2-1-3-5-26;33-26-8-6-24(7-9-26)20-29(37-27-10-12-28(13-11-27)40-19-16-35-31(40)42)30(41)38-17-14-32(15-18-38,21-39-23-34-22-36-39)25-4-2-1-3-5-25/h6-9,14-15,21,23-24,26,28-29,33,41-42H,1-5,10-13,16-20,22H2;6-9,22-23,25,27-29,37H,1-5,10-21H2,(H,35,42)/t28?,29?,33-;27?,28?,29-/m11/s1. The van der Waals surface area contributed by atoms with Gasteiger partial charge < -0.3 is 36.0 Å². The second kappa shape index (κ2) is 29.7. The molecule has 4 aliphatic carbocycles. The van der Waals surface area contributed by atoms with Crippen LogP contribution >= 0.6 is 23.2 Å². The number of urea groups is 1. The molecular formula is C67H91Cl2F2N13O3. The predicted octanol–water partition coefficient (Wildman–Crippen LogP) is 11.7. The number of anilines is 1. The van der Waals surface area contributed by atoms with Gasteiger partial charge in [0.05, 0.1) is 12.1 Å². The number of rotatable bonds is 19. The number of amides is 4. The number of piperidine rings is 2. The zero-order valence-electron chi connectivity index (χ0n) is 50.7. The van der Waals surface area contributed by atoms with Crippen LogP contribution in [-0.4, -0.2) is 138 Å². The van der Waals surface area contributed by atoms with Crippen LogP contribution in [0.3, 0.4) is 0 Å². The first-order valence-electron chi connectivity index (χ1n) is 32.9. The van der Waals surface area contributed by atoms with Crippen LogP contribution < -0.4 is 21.3 Å². The molecule has 5 heterocycles. The highest BCUT2D eigenvalue weighted by Crippen LogP contribution is 2.49. The molecule has 3 aromatic carbocycles. The lowest BCUT2D eigenvalue weighted by Gasteiger charge is -2.48. The van der Waals surface area contributed by atoms with Gasteiger partial charge in [-0.25, -0.2) is 23.5 Å². The molecule has 0 bridgehead atoms. The van der Waals surface area contributed by atoms with Crippen LogP contribution in [0.4, 0.5) is 19.3 Å². The van der Waals surface area contributed by atoms with E-state index < -0.39 is 11.6 Å². The molecule has 7 aliphatic rings. The summed E-state index contributed by atoms with van der Waals surface area (Å²) in [6.45, 7) is 6.40. The molecule has 0 spiro atoms. The van der Waals surface area contributed by atoms with Gasteiger partial charge in [-0.15, -0.1) is 0 Å². The molecule has 470 valence electrons. The Bertz CT molecular complexity index is 2950. The molecule has 12 rings (SSSR count). The van der Waals surface area contributed by atoms with Gasteiger partial charge in [-0.2, -0.15) is 10.2 Å². The average molecular weight is 1240 g/mol. The van der Waals surface area contributed by atoms with Crippen LogP contribution in [-0.2, 0) is 35.5 Å². The molecule has 20 heteroatoms. The summed E-state index contributed by atoms with van der Waals surface area (Å²) < 4.78 is 31.1. The van der Waals surface area contributed by atoms with Crippen molar-refractivity contribution in [2.75, 3.05) is 44.6 Å². The van der Waals surface area contributed by atoms with E-state index in [0.29, 0.717) is 46.5 Å². The van der Waals surface area contributed by atoms with Gasteiger partial charge in [0.15, 0.2) is 11.6 Å². The fraction of sp³-hybridized carbons (Fsp3) is 0.627. The van der Waals surface area contributed by atoms with Crippen LogP contribution in [0, 0.1) is 34.3 Å². The Morgan fingerprint density at radius 2 is 1.01 bits per heavy atom. The number of nitrogens with zero attached hydrogens (tertiary/aromatic N) is 9. The highest BCUT2D eigenvalue weighted by atomic mass is 35.5. The Morgan fingerprint density at radius 3 is 1.43 bits per heavy atom. The molecule has 4 saturated carbocycles. The van der Waals surface area contributed by atoms with Gasteiger partial charge in [-0.1, -0.05) is 86.0 Å². The van der Waals surface area contributed by atoms with Gasteiger partial charge in [0.25, 0.3) is 0 Å². The Morgan fingerprint density at radius 1 is 0.563 bits per heavy atom.